The molecule has 0 aliphatic rings. The highest BCUT2D eigenvalue weighted by molar-refractivity contribution is 5.80. The fraction of sp³-hybridized carbons (Fsp3) is 0.385. The van der Waals surface area contributed by atoms with Gasteiger partial charge in [0, 0.05) is 12.2 Å². The Bertz CT molecular complexity index is 466. The lowest BCUT2D eigenvalue weighted by atomic mass is 10.2. The Morgan fingerprint density at radius 2 is 2.39 bits per heavy atom. The highest BCUT2D eigenvalue weighted by atomic mass is 16.5. The van der Waals surface area contributed by atoms with Gasteiger partial charge in [-0.1, -0.05) is 5.92 Å². The highest BCUT2D eigenvalue weighted by Crippen LogP contribution is 2.17. The predicted molar refractivity (Wildman–Crippen MR) is 68.8 cm³/mol. The molecule has 1 aromatic rings. The topological polar surface area (TPSA) is 77.2 Å². The van der Waals surface area contributed by atoms with Crippen molar-refractivity contribution in [3.8, 4) is 18.1 Å². The molecule has 0 bridgehead atoms. The molecule has 0 saturated heterocycles. The molecule has 1 heterocycles. The van der Waals surface area contributed by atoms with Crippen LogP contribution < -0.4 is 15.8 Å². The van der Waals surface area contributed by atoms with Gasteiger partial charge in [-0.05, 0) is 26.0 Å². The standard InChI is InChI=1S/C13H17N3O2/c1-4-7-15-13(17)10(3)18-12-6-5-9(2)16-11(12)8-14/h1,5-6,10H,7-8,14H2,2-3H3,(H,15,17). The average Bonchev–Trinajstić information content (AvgIpc) is 2.37. The number of amides is 1. The lowest BCUT2D eigenvalue weighted by Gasteiger charge is -2.16. The Hall–Kier alpha value is -2.06. The van der Waals surface area contributed by atoms with Crippen LogP contribution >= 0.6 is 0 Å². The van der Waals surface area contributed by atoms with E-state index in [1.54, 1.807) is 19.1 Å². The maximum atomic E-state index is 11.6. The van der Waals surface area contributed by atoms with Crippen LogP contribution in [0.15, 0.2) is 12.1 Å². The minimum atomic E-state index is -0.645. The van der Waals surface area contributed by atoms with E-state index in [1.165, 1.54) is 0 Å². The molecule has 1 unspecified atom stereocenters. The van der Waals surface area contributed by atoms with Crippen molar-refractivity contribution >= 4 is 5.91 Å². The van der Waals surface area contributed by atoms with Crippen molar-refractivity contribution in [3.05, 3.63) is 23.5 Å². The van der Waals surface area contributed by atoms with Gasteiger partial charge in [-0.2, -0.15) is 0 Å². The molecule has 5 nitrogen and oxygen atoms in total. The van der Waals surface area contributed by atoms with Crippen LogP contribution in [0.2, 0.25) is 0 Å². The number of carbonyl (C=O) groups is 1. The second-order valence-corrected chi connectivity index (χ2v) is 3.78. The molecule has 1 aromatic heterocycles. The molecule has 0 spiro atoms. The zero-order valence-electron chi connectivity index (χ0n) is 10.6. The number of terminal acetylenes is 1. The van der Waals surface area contributed by atoms with Crippen LogP contribution in [0.3, 0.4) is 0 Å². The monoisotopic (exact) mass is 247 g/mol. The highest BCUT2D eigenvalue weighted by Gasteiger charge is 2.15. The first-order chi connectivity index (χ1) is 8.58. The number of aromatic nitrogens is 1. The zero-order chi connectivity index (χ0) is 13.5. The third-order valence-corrected chi connectivity index (χ3v) is 2.30. The molecule has 1 rings (SSSR count). The Morgan fingerprint density at radius 3 is 3.00 bits per heavy atom. The summed E-state index contributed by atoms with van der Waals surface area (Å²) in [6.07, 6.45) is 4.41. The second kappa shape index (κ2) is 6.62. The molecule has 3 N–H and O–H groups in total. The normalized spacial score (nSPS) is 11.4. The SMILES string of the molecule is C#CCNC(=O)C(C)Oc1ccc(C)nc1CN. The fourth-order valence-corrected chi connectivity index (χ4v) is 1.38. The summed E-state index contributed by atoms with van der Waals surface area (Å²) in [5, 5.41) is 2.55. The smallest absolute Gasteiger partial charge is 0.261 e. The Morgan fingerprint density at radius 1 is 1.67 bits per heavy atom. The Labute approximate surface area is 107 Å². The van der Waals surface area contributed by atoms with Gasteiger partial charge < -0.3 is 15.8 Å². The van der Waals surface area contributed by atoms with Crippen LogP contribution in [0.1, 0.15) is 18.3 Å². The van der Waals surface area contributed by atoms with Crippen molar-refractivity contribution in [2.24, 2.45) is 5.73 Å². The molecule has 0 aliphatic heterocycles. The molecule has 0 fully saturated rings. The maximum Gasteiger partial charge on any atom is 0.261 e. The summed E-state index contributed by atoms with van der Waals surface area (Å²) in [6, 6.07) is 3.57. The maximum absolute atomic E-state index is 11.6. The summed E-state index contributed by atoms with van der Waals surface area (Å²) in [4.78, 5) is 15.8. The molecular formula is C13H17N3O2. The number of nitrogens with zero attached hydrogens (tertiary/aromatic N) is 1. The fourth-order valence-electron chi connectivity index (χ4n) is 1.38. The molecular weight excluding hydrogens is 230 g/mol. The minimum Gasteiger partial charge on any atom is -0.479 e. The lowest BCUT2D eigenvalue weighted by Crippen LogP contribution is -2.36. The van der Waals surface area contributed by atoms with Crippen LogP contribution in [0, 0.1) is 19.3 Å². The molecule has 1 amide bonds. The number of nitrogens with one attached hydrogen (secondary N) is 1. The summed E-state index contributed by atoms with van der Waals surface area (Å²) < 4.78 is 5.53. The van der Waals surface area contributed by atoms with E-state index in [0.717, 1.165) is 5.69 Å². The van der Waals surface area contributed by atoms with Crippen LogP contribution in [0.25, 0.3) is 0 Å². The van der Waals surface area contributed by atoms with Gasteiger partial charge in [0.15, 0.2) is 6.10 Å². The molecule has 0 aliphatic carbocycles. The van der Waals surface area contributed by atoms with E-state index in [9.17, 15) is 4.79 Å². The largest absolute Gasteiger partial charge is 0.479 e. The lowest BCUT2D eigenvalue weighted by molar-refractivity contribution is -0.127. The third kappa shape index (κ3) is 3.75. The van der Waals surface area contributed by atoms with E-state index in [1.807, 2.05) is 6.92 Å². The van der Waals surface area contributed by atoms with E-state index in [0.29, 0.717) is 11.4 Å². The van der Waals surface area contributed by atoms with E-state index >= 15 is 0 Å². The third-order valence-electron chi connectivity index (χ3n) is 2.30. The molecule has 5 heteroatoms. The van der Waals surface area contributed by atoms with Gasteiger partial charge in [0.2, 0.25) is 0 Å². The minimum absolute atomic E-state index is 0.183. The Kier molecular flexibility index (Phi) is 5.15. The van der Waals surface area contributed by atoms with Crippen molar-refractivity contribution in [1.29, 1.82) is 0 Å². The number of hydrogen-bond donors (Lipinski definition) is 2. The molecule has 0 radical (unpaired) electrons. The van der Waals surface area contributed by atoms with E-state index in [4.69, 9.17) is 16.9 Å². The van der Waals surface area contributed by atoms with Crippen LogP contribution in [0.4, 0.5) is 0 Å². The van der Waals surface area contributed by atoms with E-state index in [-0.39, 0.29) is 19.0 Å². The van der Waals surface area contributed by atoms with Crippen LogP contribution in [0.5, 0.6) is 5.75 Å². The van der Waals surface area contributed by atoms with Gasteiger partial charge in [0.05, 0.1) is 12.2 Å². The van der Waals surface area contributed by atoms with Gasteiger partial charge >= 0.3 is 0 Å². The number of carbonyl (C=O) groups excluding carboxylic acids is 1. The van der Waals surface area contributed by atoms with Gasteiger partial charge in [0.1, 0.15) is 5.75 Å². The summed E-state index contributed by atoms with van der Waals surface area (Å²) in [5.41, 5.74) is 7.07. The van der Waals surface area contributed by atoms with Crippen molar-refractivity contribution < 1.29 is 9.53 Å². The van der Waals surface area contributed by atoms with Crippen molar-refractivity contribution in [2.45, 2.75) is 26.5 Å². The molecule has 18 heavy (non-hydrogen) atoms. The van der Waals surface area contributed by atoms with Crippen LogP contribution in [-0.2, 0) is 11.3 Å². The van der Waals surface area contributed by atoms with Gasteiger partial charge in [-0.3, -0.25) is 9.78 Å². The number of nitrogens with two attached hydrogens (primary N) is 1. The van der Waals surface area contributed by atoms with Gasteiger partial charge in [-0.25, -0.2) is 0 Å². The number of hydrogen-bond acceptors (Lipinski definition) is 4. The Balaban J connectivity index is 2.72. The van der Waals surface area contributed by atoms with Gasteiger partial charge in [0.25, 0.3) is 5.91 Å². The van der Waals surface area contributed by atoms with Crippen LogP contribution in [-0.4, -0.2) is 23.5 Å². The first kappa shape index (κ1) is 14.0. The molecule has 96 valence electrons. The van der Waals surface area contributed by atoms with E-state index < -0.39 is 6.10 Å². The summed E-state index contributed by atoms with van der Waals surface area (Å²) >= 11 is 0. The zero-order valence-corrected chi connectivity index (χ0v) is 10.6. The predicted octanol–water partition coefficient (Wildman–Crippen LogP) is 0.365. The van der Waals surface area contributed by atoms with Crippen molar-refractivity contribution in [2.75, 3.05) is 6.54 Å². The van der Waals surface area contributed by atoms with Crippen molar-refractivity contribution in [3.63, 3.8) is 0 Å². The van der Waals surface area contributed by atoms with Crippen molar-refractivity contribution in [1.82, 2.24) is 10.3 Å². The number of rotatable bonds is 5. The van der Waals surface area contributed by atoms with E-state index in [2.05, 4.69) is 16.2 Å². The molecule has 1 atom stereocenters. The number of pyridine rings is 1. The summed E-state index contributed by atoms with van der Waals surface area (Å²) in [7, 11) is 0. The summed E-state index contributed by atoms with van der Waals surface area (Å²) in [6.45, 7) is 3.95. The summed E-state index contributed by atoms with van der Waals surface area (Å²) in [5.74, 6) is 2.58. The molecule has 0 saturated carbocycles. The quantitative estimate of drug-likeness (QED) is 0.737. The van der Waals surface area contributed by atoms with Gasteiger partial charge in [-0.15, -0.1) is 6.42 Å². The molecule has 0 aromatic carbocycles. The number of aryl methyl sites for hydroxylation is 1. The average molecular weight is 247 g/mol. The first-order valence-corrected chi connectivity index (χ1v) is 5.63. The second-order valence-electron chi connectivity index (χ2n) is 3.78. The number of ether oxygens (including phenoxy) is 1. The first-order valence-electron chi connectivity index (χ1n) is 5.63.